The fourth-order valence-corrected chi connectivity index (χ4v) is 2.62. The molecule has 0 saturated carbocycles. The van der Waals surface area contributed by atoms with E-state index in [1.54, 1.807) is 6.07 Å². The molecule has 1 amide bonds. The van der Waals surface area contributed by atoms with E-state index in [-0.39, 0.29) is 11.5 Å². The minimum absolute atomic E-state index is 0.123. The molecule has 0 spiro atoms. The van der Waals surface area contributed by atoms with Gasteiger partial charge in [-0.15, -0.1) is 0 Å². The fourth-order valence-electron chi connectivity index (χ4n) is 2.62. The second-order valence-electron chi connectivity index (χ2n) is 5.13. The van der Waals surface area contributed by atoms with Crippen LogP contribution in [0.2, 0.25) is 0 Å². The number of para-hydroxylation sites is 1. The fraction of sp³-hybridized carbons (Fsp3) is 0.400. The molecule has 0 atom stereocenters. The van der Waals surface area contributed by atoms with Gasteiger partial charge in [0.1, 0.15) is 0 Å². The van der Waals surface area contributed by atoms with Gasteiger partial charge < -0.3 is 9.80 Å². The van der Waals surface area contributed by atoms with Crippen molar-refractivity contribution in [1.82, 2.24) is 14.9 Å². The number of carbonyl (C=O) groups is 1. The summed E-state index contributed by atoms with van der Waals surface area (Å²) >= 11 is 0. The van der Waals surface area contributed by atoms with Crippen LogP contribution in [0.4, 0.5) is 5.95 Å². The average Bonchev–Trinajstić information content (AvgIpc) is 2.54. The Morgan fingerprint density at radius 3 is 2.67 bits per heavy atom. The molecule has 21 heavy (non-hydrogen) atoms. The van der Waals surface area contributed by atoms with E-state index < -0.39 is 0 Å². The van der Waals surface area contributed by atoms with Crippen LogP contribution in [-0.2, 0) is 4.79 Å². The van der Waals surface area contributed by atoms with E-state index in [0.717, 1.165) is 0 Å². The predicted octanol–water partition coefficient (Wildman–Crippen LogP) is 0.982. The average molecular weight is 286 g/mol. The van der Waals surface area contributed by atoms with Gasteiger partial charge in [-0.2, -0.15) is 0 Å². The van der Waals surface area contributed by atoms with Gasteiger partial charge >= 0.3 is 0 Å². The number of nitrogens with zero attached hydrogens (tertiary/aromatic N) is 3. The van der Waals surface area contributed by atoms with Crippen LogP contribution in [-0.4, -0.2) is 47.0 Å². The molecular formula is C15H18N4O2. The Bertz CT molecular complexity index is 717. The molecule has 0 radical (unpaired) electrons. The minimum Gasteiger partial charge on any atom is -0.339 e. The molecule has 2 aromatic rings. The Labute approximate surface area is 122 Å². The first-order valence-electron chi connectivity index (χ1n) is 7.21. The summed E-state index contributed by atoms with van der Waals surface area (Å²) in [4.78, 5) is 35.0. The standard InChI is InChI=1S/C15H18N4O2/c1-2-13(20)18-7-9-19(10-8-18)15-16-12-6-4-3-5-11(12)14(21)17-15/h3-6H,2,7-10H2,1H3,(H,16,17,21). The number of nitrogens with one attached hydrogen (secondary N) is 1. The summed E-state index contributed by atoms with van der Waals surface area (Å²) in [5.41, 5.74) is 0.575. The Kier molecular flexibility index (Phi) is 3.60. The van der Waals surface area contributed by atoms with E-state index in [0.29, 0.717) is 49.5 Å². The Hall–Kier alpha value is -2.37. The molecule has 6 nitrogen and oxygen atoms in total. The summed E-state index contributed by atoms with van der Waals surface area (Å²) in [6, 6.07) is 7.30. The molecule has 0 bridgehead atoms. The summed E-state index contributed by atoms with van der Waals surface area (Å²) < 4.78 is 0. The highest BCUT2D eigenvalue weighted by Crippen LogP contribution is 2.14. The predicted molar refractivity (Wildman–Crippen MR) is 81.4 cm³/mol. The second-order valence-corrected chi connectivity index (χ2v) is 5.13. The maximum atomic E-state index is 12.1. The molecule has 0 aliphatic carbocycles. The Morgan fingerprint density at radius 1 is 1.24 bits per heavy atom. The van der Waals surface area contributed by atoms with Crippen molar-refractivity contribution >= 4 is 22.8 Å². The van der Waals surface area contributed by atoms with E-state index in [1.165, 1.54) is 0 Å². The highest BCUT2D eigenvalue weighted by Gasteiger charge is 2.21. The summed E-state index contributed by atoms with van der Waals surface area (Å²) in [5.74, 6) is 0.761. The van der Waals surface area contributed by atoms with Crippen molar-refractivity contribution in [2.24, 2.45) is 0 Å². The summed E-state index contributed by atoms with van der Waals surface area (Å²) in [6.07, 6.45) is 0.533. The zero-order valence-corrected chi connectivity index (χ0v) is 12.0. The maximum Gasteiger partial charge on any atom is 0.260 e. The number of fused-ring (bicyclic) bond motifs is 1. The largest absolute Gasteiger partial charge is 0.339 e. The summed E-state index contributed by atoms with van der Waals surface area (Å²) in [7, 11) is 0. The number of hydrogen-bond donors (Lipinski definition) is 1. The molecule has 1 aliphatic rings. The van der Waals surface area contributed by atoms with E-state index >= 15 is 0 Å². The van der Waals surface area contributed by atoms with Crippen molar-refractivity contribution in [1.29, 1.82) is 0 Å². The molecule has 1 fully saturated rings. The topological polar surface area (TPSA) is 69.3 Å². The number of rotatable bonds is 2. The van der Waals surface area contributed by atoms with Crippen LogP contribution in [0.3, 0.4) is 0 Å². The van der Waals surface area contributed by atoms with Crippen LogP contribution in [0.1, 0.15) is 13.3 Å². The first-order valence-corrected chi connectivity index (χ1v) is 7.21. The number of carbonyl (C=O) groups excluding carboxylic acids is 1. The number of hydrogen-bond acceptors (Lipinski definition) is 4. The lowest BCUT2D eigenvalue weighted by Gasteiger charge is -2.34. The summed E-state index contributed by atoms with van der Waals surface area (Å²) in [5, 5.41) is 0.598. The number of piperazine rings is 1. The monoisotopic (exact) mass is 286 g/mol. The van der Waals surface area contributed by atoms with Gasteiger partial charge in [0.05, 0.1) is 10.9 Å². The Balaban J connectivity index is 1.83. The first-order chi connectivity index (χ1) is 10.2. The van der Waals surface area contributed by atoms with Crippen molar-refractivity contribution in [3.63, 3.8) is 0 Å². The zero-order valence-electron chi connectivity index (χ0n) is 12.0. The molecule has 0 unspecified atom stereocenters. The number of benzene rings is 1. The van der Waals surface area contributed by atoms with Crippen LogP contribution in [0.5, 0.6) is 0 Å². The molecular weight excluding hydrogens is 268 g/mol. The third-order valence-electron chi connectivity index (χ3n) is 3.83. The molecule has 1 aromatic carbocycles. The van der Waals surface area contributed by atoms with E-state index in [1.807, 2.05) is 34.9 Å². The number of aromatic amines is 1. The van der Waals surface area contributed by atoms with Gasteiger partial charge in [0, 0.05) is 32.6 Å². The normalized spacial score (nSPS) is 15.5. The SMILES string of the molecule is CCC(=O)N1CCN(c2nc3ccccc3c(=O)[nH]2)CC1. The lowest BCUT2D eigenvalue weighted by molar-refractivity contribution is -0.131. The maximum absolute atomic E-state index is 12.1. The highest BCUT2D eigenvalue weighted by atomic mass is 16.2. The van der Waals surface area contributed by atoms with E-state index in [4.69, 9.17) is 0 Å². The van der Waals surface area contributed by atoms with Gasteiger partial charge in [0.2, 0.25) is 11.9 Å². The van der Waals surface area contributed by atoms with E-state index in [2.05, 4.69) is 9.97 Å². The number of aromatic nitrogens is 2. The summed E-state index contributed by atoms with van der Waals surface area (Å²) in [6.45, 7) is 4.59. The van der Waals surface area contributed by atoms with Crippen LogP contribution in [0, 0.1) is 0 Å². The van der Waals surface area contributed by atoms with Gasteiger partial charge in [-0.1, -0.05) is 19.1 Å². The quantitative estimate of drug-likeness (QED) is 0.893. The highest BCUT2D eigenvalue weighted by molar-refractivity contribution is 5.78. The van der Waals surface area contributed by atoms with Crippen molar-refractivity contribution < 1.29 is 4.79 Å². The lowest BCUT2D eigenvalue weighted by Crippen LogP contribution is -2.49. The molecule has 6 heteroatoms. The third-order valence-corrected chi connectivity index (χ3v) is 3.83. The van der Waals surface area contributed by atoms with Crippen LogP contribution >= 0.6 is 0 Å². The zero-order chi connectivity index (χ0) is 14.8. The third kappa shape index (κ3) is 2.61. The van der Waals surface area contributed by atoms with Crippen molar-refractivity contribution in [3.05, 3.63) is 34.6 Å². The number of anilines is 1. The van der Waals surface area contributed by atoms with Crippen LogP contribution < -0.4 is 10.5 Å². The van der Waals surface area contributed by atoms with Crippen molar-refractivity contribution in [2.75, 3.05) is 31.1 Å². The van der Waals surface area contributed by atoms with Crippen LogP contribution in [0.15, 0.2) is 29.1 Å². The second kappa shape index (κ2) is 5.55. The molecule has 1 saturated heterocycles. The number of H-pyrrole nitrogens is 1. The van der Waals surface area contributed by atoms with Crippen LogP contribution in [0.25, 0.3) is 10.9 Å². The number of amides is 1. The van der Waals surface area contributed by atoms with Gasteiger partial charge in [0.25, 0.3) is 5.56 Å². The first kappa shape index (κ1) is 13.6. The lowest BCUT2D eigenvalue weighted by atomic mass is 10.2. The molecule has 1 aromatic heterocycles. The smallest absolute Gasteiger partial charge is 0.260 e. The molecule has 1 aliphatic heterocycles. The minimum atomic E-state index is -0.123. The van der Waals surface area contributed by atoms with Crippen molar-refractivity contribution in [3.8, 4) is 0 Å². The Morgan fingerprint density at radius 2 is 1.95 bits per heavy atom. The molecule has 1 N–H and O–H groups in total. The van der Waals surface area contributed by atoms with Gasteiger partial charge in [-0.25, -0.2) is 4.98 Å². The molecule has 2 heterocycles. The van der Waals surface area contributed by atoms with E-state index in [9.17, 15) is 9.59 Å². The van der Waals surface area contributed by atoms with Gasteiger partial charge in [-0.05, 0) is 12.1 Å². The van der Waals surface area contributed by atoms with Crippen molar-refractivity contribution in [2.45, 2.75) is 13.3 Å². The molecule has 110 valence electrons. The van der Waals surface area contributed by atoms with Gasteiger partial charge in [0.15, 0.2) is 0 Å². The van der Waals surface area contributed by atoms with Gasteiger partial charge in [-0.3, -0.25) is 14.6 Å². The molecule has 3 rings (SSSR count).